The minimum Gasteiger partial charge on any atom is -0.486 e. The molecule has 23 heavy (non-hydrogen) atoms. The molecule has 0 spiro atoms. The van der Waals surface area contributed by atoms with Crippen LogP contribution in [-0.2, 0) is 11.2 Å². The second kappa shape index (κ2) is 7.97. The van der Waals surface area contributed by atoms with Gasteiger partial charge in [0.1, 0.15) is 12.4 Å². The van der Waals surface area contributed by atoms with Crippen molar-refractivity contribution in [3.63, 3.8) is 0 Å². The summed E-state index contributed by atoms with van der Waals surface area (Å²) in [7, 11) is 0. The van der Waals surface area contributed by atoms with Crippen LogP contribution in [0.25, 0.3) is 0 Å². The molecule has 2 aromatic rings. The van der Waals surface area contributed by atoms with Gasteiger partial charge >= 0.3 is 11.7 Å². The summed E-state index contributed by atoms with van der Waals surface area (Å²) in [6.45, 7) is -0.714. The summed E-state index contributed by atoms with van der Waals surface area (Å²) in [5, 5.41) is 0. The van der Waals surface area contributed by atoms with Gasteiger partial charge in [0.25, 0.3) is 6.43 Å². The number of carbonyl (C=O) groups is 1. The lowest BCUT2D eigenvalue weighted by molar-refractivity contribution is 0.0507. The summed E-state index contributed by atoms with van der Waals surface area (Å²) in [6, 6.07) is 1.28. The van der Waals surface area contributed by atoms with Crippen LogP contribution >= 0.6 is 0 Å². The number of hydrogen-bond donors (Lipinski definition) is 1. The van der Waals surface area contributed by atoms with Crippen LogP contribution in [0.15, 0.2) is 35.6 Å². The lowest BCUT2D eigenvalue weighted by Crippen LogP contribution is -2.12. The van der Waals surface area contributed by atoms with Gasteiger partial charge < -0.3 is 14.5 Å². The molecule has 0 aliphatic heterocycles. The molecule has 0 bridgehead atoms. The largest absolute Gasteiger partial charge is 0.486 e. The van der Waals surface area contributed by atoms with Gasteiger partial charge in [0.2, 0.25) is 0 Å². The minimum atomic E-state index is -2.61. The number of nitrogens with one attached hydrogen (secondary N) is 1. The second-order valence-corrected chi connectivity index (χ2v) is 4.42. The van der Waals surface area contributed by atoms with Gasteiger partial charge in [-0.3, -0.25) is 4.98 Å². The molecule has 0 amide bonds. The maximum Gasteiger partial charge on any atom is 0.344 e. The molecule has 0 atom stereocenters. The average molecular weight is 325 g/mol. The van der Waals surface area contributed by atoms with Crippen LogP contribution in [0.2, 0.25) is 0 Å². The zero-order chi connectivity index (χ0) is 16.7. The van der Waals surface area contributed by atoms with Gasteiger partial charge in [0.05, 0.1) is 18.4 Å². The van der Waals surface area contributed by atoms with E-state index in [1.165, 1.54) is 30.9 Å². The SMILES string of the molecule is O=C(OCCc1cnc(=O)[nH]c1)c1cncc(OCC(F)F)c1. The van der Waals surface area contributed by atoms with Crippen LogP contribution in [0.3, 0.4) is 0 Å². The monoisotopic (exact) mass is 325 g/mol. The van der Waals surface area contributed by atoms with E-state index >= 15 is 0 Å². The number of nitrogens with zero attached hydrogens (tertiary/aromatic N) is 2. The molecule has 1 N–H and O–H groups in total. The summed E-state index contributed by atoms with van der Waals surface area (Å²) < 4.78 is 34.0. The van der Waals surface area contributed by atoms with Gasteiger partial charge in [-0.15, -0.1) is 0 Å². The van der Waals surface area contributed by atoms with Crippen LogP contribution < -0.4 is 10.4 Å². The fourth-order valence-corrected chi connectivity index (χ4v) is 1.62. The Kier molecular flexibility index (Phi) is 5.73. The number of carbonyl (C=O) groups excluding carboxylic acids is 1. The first kappa shape index (κ1) is 16.5. The van der Waals surface area contributed by atoms with Gasteiger partial charge in [0.15, 0.2) is 0 Å². The second-order valence-electron chi connectivity index (χ2n) is 4.42. The summed E-state index contributed by atoms with van der Waals surface area (Å²) in [4.78, 5) is 32.3. The molecule has 0 fully saturated rings. The highest BCUT2D eigenvalue weighted by atomic mass is 19.3. The van der Waals surface area contributed by atoms with Crippen molar-refractivity contribution in [1.29, 1.82) is 0 Å². The molecule has 7 nitrogen and oxygen atoms in total. The van der Waals surface area contributed by atoms with E-state index in [9.17, 15) is 18.4 Å². The maximum absolute atomic E-state index is 12.1. The van der Waals surface area contributed by atoms with Crippen molar-refractivity contribution in [2.75, 3.05) is 13.2 Å². The van der Waals surface area contributed by atoms with Crippen molar-refractivity contribution in [1.82, 2.24) is 15.0 Å². The normalized spacial score (nSPS) is 10.6. The zero-order valence-corrected chi connectivity index (χ0v) is 11.9. The Bertz CT molecular complexity index is 701. The standard InChI is InChI=1S/C14H13F2N3O4/c15-12(16)8-23-11-3-10(6-17-7-11)13(20)22-2-1-9-4-18-14(21)19-5-9/h3-7,12H,1-2,8H2,(H,18,19,21). The van der Waals surface area contributed by atoms with E-state index in [0.717, 1.165) is 0 Å². The predicted octanol–water partition coefficient (Wildman–Crippen LogP) is 1.21. The highest BCUT2D eigenvalue weighted by Gasteiger charge is 2.10. The molecule has 0 aliphatic rings. The Labute approximate surface area is 129 Å². The molecule has 0 saturated heterocycles. The molecule has 0 saturated carbocycles. The molecular formula is C14H13F2N3O4. The number of esters is 1. The van der Waals surface area contributed by atoms with E-state index in [4.69, 9.17) is 9.47 Å². The number of alkyl halides is 2. The first-order valence-electron chi connectivity index (χ1n) is 6.61. The summed E-state index contributed by atoms with van der Waals surface area (Å²) >= 11 is 0. The first-order chi connectivity index (χ1) is 11.0. The van der Waals surface area contributed by atoms with E-state index in [1.807, 2.05) is 0 Å². The first-order valence-corrected chi connectivity index (χ1v) is 6.61. The highest BCUT2D eigenvalue weighted by molar-refractivity contribution is 5.89. The van der Waals surface area contributed by atoms with Gasteiger partial charge in [-0.1, -0.05) is 0 Å². The van der Waals surface area contributed by atoms with Crippen molar-refractivity contribution in [3.8, 4) is 5.75 Å². The van der Waals surface area contributed by atoms with E-state index < -0.39 is 24.7 Å². The third-order valence-corrected chi connectivity index (χ3v) is 2.68. The molecule has 0 unspecified atom stereocenters. The number of aromatic nitrogens is 3. The maximum atomic E-state index is 12.1. The fourth-order valence-electron chi connectivity index (χ4n) is 1.62. The summed E-state index contributed by atoms with van der Waals surface area (Å²) in [5.74, 6) is -0.595. The number of pyridine rings is 1. The van der Waals surface area contributed by atoms with Crippen molar-refractivity contribution in [2.45, 2.75) is 12.8 Å². The van der Waals surface area contributed by atoms with Crippen molar-refractivity contribution in [3.05, 3.63) is 52.5 Å². The van der Waals surface area contributed by atoms with Gasteiger partial charge in [-0.25, -0.2) is 23.4 Å². The molecule has 2 rings (SSSR count). The highest BCUT2D eigenvalue weighted by Crippen LogP contribution is 2.13. The number of aromatic amines is 1. The lowest BCUT2D eigenvalue weighted by atomic mass is 10.2. The van der Waals surface area contributed by atoms with Crippen LogP contribution in [0.5, 0.6) is 5.75 Å². The Hall–Kier alpha value is -2.84. The van der Waals surface area contributed by atoms with E-state index in [2.05, 4.69) is 15.0 Å². The third-order valence-electron chi connectivity index (χ3n) is 2.68. The predicted molar refractivity (Wildman–Crippen MR) is 74.6 cm³/mol. The van der Waals surface area contributed by atoms with Gasteiger partial charge in [-0.2, -0.15) is 0 Å². The number of rotatable bonds is 7. The molecule has 0 radical (unpaired) electrons. The van der Waals surface area contributed by atoms with Crippen LogP contribution in [0, 0.1) is 0 Å². The van der Waals surface area contributed by atoms with E-state index in [1.54, 1.807) is 0 Å². The Balaban J connectivity index is 1.86. The van der Waals surface area contributed by atoms with Crippen LogP contribution in [-0.4, -0.2) is 40.6 Å². The number of H-pyrrole nitrogens is 1. The minimum absolute atomic E-state index is 0.0598. The van der Waals surface area contributed by atoms with Crippen molar-refractivity contribution >= 4 is 5.97 Å². The lowest BCUT2D eigenvalue weighted by Gasteiger charge is -2.07. The average Bonchev–Trinajstić information content (AvgIpc) is 2.55. The van der Waals surface area contributed by atoms with E-state index in [0.29, 0.717) is 12.0 Å². The Morgan fingerprint density at radius 2 is 2.13 bits per heavy atom. The smallest absolute Gasteiger partial charge is 0.344 e. The topological polar surface area (TPSA) is 94.2 Å². The van der Waals surface area contributed by atoms with Gasteiger partial charge in [-0.05, 0) is 11.6 Å². The number of ether oxygens (including phenoxy) is 2. The molecule has 0 aliphatic carbocycles. The van der Waals surface area contributed by atoms with Crippen LogP contribution in [0.4, 0.5) is 8.78 Å². The van der Waals surface area contributed by atoms with Crippen molar-refractivity contribution in [2.24, 2.45) is 0 Å². The molecule has 9 heteroatoms. The number of halogens is 2. The quantitative estimate of drug-likeness (QED) is 0.769. The fraction of sp³-hybridized carbons (Fsp3) is 0.286. The molecule has 2 aromatic heterocycles. The van der Waals surface area contributed by atoms with E-state index in [-0.39, 0.29) is 17.9 Å². The molecule has 0 aromatic carbocycles. The number of hydrogen-bond acceptors (Lipinski definition) is 6. The Morgan fingerprint density at radius 3 is 2.83 bits per heavy atom. The van der Waals surface area contributed by atoms with Crippen molar-refractivity contribution < 1.29 is 23.0 Å². The Morgan fingerprint density at radius 1 is 1.30 bits per heavy atom. The molecule has 2 heterocycles. The summed E-state index contributed by atoms with van der Waals surface area (Å²) in [5.41, 5.74) is 0.332. The van der Waals surface area contributed by atoms with Gasteiger partial charge in [0, 0.05) is 25.0 Å². The third kappa shape index (κ3) is 5.46. The molecular weight excluding hydrogens is 312 g/mol. The van der Waals surface area contributed by atoms with Crippen LogP contribution in [0.1, 0.15) is 15.9 Å². The molecule has 122 valence electrons. The summed E-state index contributed by atoms with van der Waals surface area (Å²) in [6.07, 6.45) is 3.09. The zero-order valence-electron chi connectivity index (χ0n) is 11.9.